The summed E-state index contributed by atoms with van der Waals surface area (Å²) in [5.74, 6) is 0. The van der Waals surface area contributed by atoms with Crippen LogP contribution in [0, 0.1) is 82.6 Å². The Morgan fingerprint density at radius 1 is 1.00 bits per heavy atom. The maximum absolute atomic E-state index is 0. The monoisotopic (exact) mass is 349 g/mol. The van der Waals surface area contributed by atoms with Gasteiger partial charge in [0.2, 0.25) is 0 Å². The Kier molecular flexibility index (Phi) is 108. The van der Waals surface area contributed by atoms with E-state index in [2.05, 4.69) is 0 Å². The molecule has 0 fully saturated rings. The molecule has 0 unspecified atom stereocenters. The standard InChI is InChI=1S/B.Ce.Fe.Nd. The van der Waals surface area contributed by atoms with Gasteiger partial charge in [0.15, 0.2) is 0 Å². The first-order chi connectivity index (χ1) is 0. The molecule has 0 atom stereocenters. The third kappa shape index (κ3) is 9.00. The maximum Gasteiger partial charge on any atom is 0 e. The van der Waals surface area contributed by atoms with Crippen molar-refractivity contribution in [1.29, 1.82) is 0 Å². The molecule has 0 bridgehead atoms. The summed E-state index contributed by atoms with van der Waals surface area (Å²) in [7, 11) is 0. The first kappa shape index (κ1) is 26.6. The maximum atomic E-state index is 0. The van der Waals surface area contributed by atoms with E-state index in [1.807, 2.05) is 0 Å². The fourth-order valence-electron chi connectivity index (χ4n) is 0. The van der Waals surface area contributed by atoms with Gasteiger partial charge in [-0.2, -0.15) is 0 Å². The zero-order valence-corrected chi connectivity index (χ0v) is 9.38. The molecule has 0 heterocycles. The fourth-order valence-corrected chi connectivity index (χ4v) is 0. The summed E-state index contributed by atoms with van der Waals surface area (Å²) in [4.78, 5) is 0. The van der Waals surface area contributed by atoms with Crippen LogP contribution < -0.4 is 0 Å². The summed E-state index contributed by atoms with van der Waals surface area (Å²) < 4.78 is 0. The van der Waals surface area contributed by atoms with Crippen LogP contribution in [0.1, 0.15) is 0 Å². The molecule has 0 aliphatic rings. The molecule has 0 N–H and O–H groups in total. The van der Waals surface area contributed by atoms with E-state index in [1.54, 1.807) is 0 Å². The van der Waals surface area contributed by atoms with E-state index in [-0.39, 0.29) is 108 Å². The van der Waals surface area contributed by atoms with E-state index in [0.29, 0.717) is 0 Å². The molecule has 0 aliphatic heterocycles. The molecule has 0 saturated carbocycles. The molecular weight excluding hydrogens is 351 g/mol. The summed E-state index contributed by atoms with van der Waals surface area (Å²) in [6.07, 6.45) is 0. The Bertz CT molecular complexity index is 8.00. The van der Waals surface area contributed by atoms with Crippen LogP contribution in [0.4, 0.5) is 0 Å². The second-order valence-corrected chi connectivity index (χ2v) is 0. The van der Waals surface area contributed by atoms with Crippen LogP contribution in [0.25, 0.3) is 0 Å². The van der Waals surface area contributed by atoms with Gasteiger partial charge in [-0.25, -0.2) is 0 Å². The van der Waals surface area contributed by atoms with Gasteiger partial charge in [-0.3, -0.25) is 0 Å². The van der Waals surface area contributed by atoms with E-state index in [0.717, 1.165) is 0 Å². The van der Waals surface area contributed by atoms with Gasteiger partial charge in [-0.05, 0) is 0 Å². The van der Waals surface area contributed by atoms with E-state index in [4.69, 9.17) is 0 Å². The second-order valence-electron chi connectivity index (χ2n) is 0. The van der Waals surface area contributed by atoms with Crippen molar-refractivity contribution in [2.75, 3.05) is 0 Å². The first-order valence-electron chi connectivity index (χ1n) is 0. The van der Waals surface area contributed by atoms with Crippen LogP contribution in [0.3, 0.4) is 0 Å². The quantitative estimate of drug-likeness (QED) is 0.522. The van der Waals surface area contributed by atoms with Crippen molar-refractivity contribution in [3.8, 4) is 0 Å². The molecule has 0 saturated heterocycles. The molecule has 0 spiro atoms. The Labute approximate surface area is 105 Å². The van der Waals surface area contributed by atoms with Gasteiger partial charge >= 0.3 is 0 Å². The van der Waals surface area contributed by atoms with Gasteiger partial charge in [0.05, 0.1) is 0 Å². The van der Waals surface area contributed by atoms with Gasteiger partial charge in [0.1, 0.15) is 0 Å². The van der Waals surface area contributed by atoms with Crippen LogP contribution in [0.15, 0.2) is 0 Å². The summed E-state index contributed by atoms with van der Waals surface area (Å²) in [6, 6.07) is 0. The van der Waals surface area contributed by atoms with Crippen LogP contribution >= 0.6 is 0 Å². The Morgan fingerprint density at radius 2 is 1.00 bits per heavy atom. The van der Waals surface area contributed by atoms with Crippen molar-refractivity contribution in [2.45, 2.75) is 0 Å². The van der Waals surface area contributed by atoms with Crippen LogP contribution in [-0.4, -0.2) is 8.41 Å². The third-order valence-corrected chi connectivity index (χ3v) is 0. The van der Waals surface area contributed by atoms with E-state index < -0.39 is 0 Å². The van der Waals surface area contributed by atoms with Crippen LogP contribution in [-0.2, 0) is 17.1 Å². The second kappa shape index (κ2) is 16.2. The van der Waals surface area contributed by atoms with Gasteiger partial charge < -0.3 is 0 Å². The summed E-state index contributed by atoms with van der Waals surface area (Å²) in [5, 5.41) is 0. The molecule has 0 nitrogen and oxygen atoms in total. The molecule has 4 heavy (non-hydrogen) atoms. The first-order valence-corrected chi connectivity index (χ1v) is 0. The molecular formula is BCeFeNd. The van der Waals surface area contributed by atoms with Gasteiger partial charge in [0, 0.05) is 108 Å². The molecule has 4 heteroatoms. The Hall–Kier alpha value is 3.31. The minimum atomic E-state index is 0. The predicted octanol–water partition coefficient (Wildman–Crippen LogP) is -0.383. The van der Waals surface area contributed by atoms with Crippen molar-refractivity contribution < 1.29 is 99.7 Å². The predicted molar refractivity (Wildman–Crippen MR) is 5.75 cm³/mol. The normalized spacial score (nSPS) is 0. The van der Waals surface area contributed by atoms with E-state index in [9.17, 15) is 0 Å². The van der Waals surface area contributed by atoms with Crippen LogP contribution in [0.2, 0.25) is 0 Å². The van der Waals surface area contributed by atoms with E-state index >= 15 is 0 Å². The van der Waals surface area contributed by atoms with Gasteiger partial charge in [-0.15, -0.1) is 0 Å². The minimum Gasteiger partial charge on any atom is 0 e. The molecule has 3 radical (unpaired) electrons. The molecule has 0 aromatic rings. The van der Waals surface area contributed by atoms with Crippen molar-refractivity contribution in [3.63, 3.8) is 0 Å². The molecule has 0 rings (SSSR count). The Balaban J connectivity index is 0. The summed E-state index contributed by atoms with van der Waals surface area (Å²) >= 11 is 0. The molecule has 0 amide bonds. The SMILES string of the molecule is [B].[Ce].[Fe].[Nd]. The van der Waals surface area contributed by atoms with Crippen LogP contribution in [0.5, 0.6) is 0 Å². The van der Waals surface area contributed by atoms with Crippen molar-refractivity contribution in [3.05, 3.63) is 0 Å². The summed E-state index contributed by atoms with van der Waals surface area (Å²) in [6.45, 7) is 0. The van der Waals surface area contributed by atoms with Crippen molar-refractivity contribution in [1.82, 2.24) is 0 Å². The number of hydrogen-bond acceptors (Lipinski definition) is 0. The van der Waals surface area contributed by atoms with Crippen molar-refractivity contribution >= 4 is 8.41 Å². The number of hydrogen-bond donors (Lipinski definition) is 0. The minimum absolute atomic E-state index is 0. The largest absolute Gasteiger partial charge is 0 e. The zero-order valence-electron chi connectivity index (χ0n) is 1.93. The fraction of sp³-hybridized carbons (Fsp3) is 0. The molecule has 0 aromatic carbocycles. The molecule has 0 aliphatic carbocycles. The zero-order chi connectivity index (χ0) is 0. The van der Waals surface area contributed by atoms with E-state index in [1.165, 1.54) is 0 Å². The molecule has 0 aromatic heterocycles. The number of rotatable bonds is 0. The topological polar surface area (TPSA) is 0 Å². The van der Waals surface area contributed by atoms with Crippen molar-refractivity contribution in [2.24, 2.45) is 0 Å². The molecule has 19 valence electrons. The average Bonchev–Trinajstić information content (AvgIpc) is 0. The smallest absolute Gasteiger partial charge is 0 e. The average molecular weight is 351 g/mol. The summed E-state index contributed by atoms with van der Waals surface area (Å²) in [5.41, 5.74) is 0. The van der Waals surface area contributed by atoms with Gasteiger partial charge in [-0.1, -0.05) is 0 Å². The van der Waals surface area contributed by atoms with Gasteiger partial charge in [0.25, 0.3) is 0 Å². The Morgan fingerprint density at radius 3 is 1.00 bits per heavy atom. The third-order valence-electron chi connectivity index (χ3n) is 0.